The van der Waals surface area contributed by atoms with E-state index in [4.69, 9.17) is 13.9 Å². The van der Waals surface area contributed by atoms with Crippen molar-refractivity contribution >= 4 is 16.9 Å². The summed E-state index contributed by atoms with van der Waals surface area (Å²) >= 11 is 0. The summed E-state index contributed by atoms with van der Waals surface area (Å²) in [5.74, 6) is 1.01. The number of carbonyl (C=O) groups is 1. The Labute approximate surface area is 162 Å². The second-order valence-corrected chi connectivity index (χ2v) is 6.51. The van der Waals surface area contributed by atoms with Crippen LogP contribution in [0.4, 0.5) is 0 Å². The molecule has 0 saturated carbocycles. The summed E-state index contributed by atoms with van der Waals surface area (Å²) in [5.41, 5.74) is 1.38. The first-order valence-electron chi connectivity index (χ1n) is 9.28. The molecule has 0 N–H and O–H groups in total. The van der Waals surface area contributed by atoms with Crippen LogP contribution >= 0.6 is 0 Å². The SMILES string of the molecule is CCOc1ccc(C2c3c(oc4ccccc4c3=O)C(=O)N2CC)cc1OC. The minimum absolute atomic E-state index is 0.114. The third kappa shape index (κ3) is 2.64. The van der Waals surface area contributed by atoms with E-state index >= 15 is 0 Å². The van der Waals surface area contributed by atoms with E-state index in [1.165, 1.54) is 0 Å². The number of amides is 1. The van der Waals surface area contributed by atoms with Gasteiger partial charge in [-0.3, -0.25) is 9.59 Å². The highest BCUT2D eigenvalue weighted by molar-refractivity contribution is 5.99. The van der Waals surface area contributed by atoms with Gasteiger partial charge in [-0.05, 0) is 43.7 Å². The molecular weight excluding hydrogens is 358 g/mol. The molecule has 144 valence electrons. The fourth-order valence-corrected chi connectivity index (χ4v) is 3.77. The van der Waals surface area contributed by atoms with Crippen molar-refractivity contribution in [3.8, 4) is 11.5 Å². The van der Waals surface area contributed by atoms with Crippen LogP contribution in [0.1, 0.15) is 41.6 Å². The molecule has 0 saturated heterocycles. The average Bonchev–Trinajstić information content (AvgIpc) is 3.01. The second-order valence-electron chi connectivity index (χ2n) is 6.51. The van der Waals surface area contributed by atoms with Gasteiger partial charge in [-0.15, -0.1) is 0 Å². The van der Waals surface area contributed by atoms with E-state index in [-0.39, 0.29) is 17.1 Å². The van der Waals surface area contributed by atoms with Crippen molar-refractivity contribution in [2.24, 2.45) is 0 Å². The smallest absolute Gasteiger partial charge is 0.290 e. The van der Waals surface area contributed by atoms with E-state index in [1.807, 2.05) is 26.0 Å². The molecule has 28 heavy (non-hydrogen) atoms. The monoisotopic (exact) mass is 379 g/mol. The number of ether oxygens (including phenoxy) is 2. The number of hydrogen-bond acceptors (Lipinski definition) is 5. The maximum Gasteiger partial charge on any atom is 0.290 e. The second kappa shape index (κ2) is 7.03. The molecule has 6 heteroatoms. The molecule has 0 aliphatic carbocycles. The molecule has 0 radical (unpaired) electrons. The highest BCUT2D eigenvalue weighted by atomic mass is 16.5. The van der Waals surface area contributed by atoms with E-state index < -0.39 is 6.04 Å². The van der Waals surface area contributed by atoms with Gasteiger partial charge in [0, 0.05) is 6.54 Å². The van der Waals surface area contributed by atoms with E-state index in [1.54, 1.807) is 42.3 Å². The molecule has 1 aromatic heterocycles. The maximum atomic E-state index is 13.2. The standard InChI is InChI=1S/C22H21NO5/c1-4-23-19(13-10-11-16(27-5-2)17(12-13)26-3)18-20(24)14-8-6-7-9-15(14)28-21(18)22(23)25/h6-12,19H,4-5H2,1-3H3. The lowest BCUT2D eigenvalue weighted by molar-refractivity contribution is 0.0737. The zero-order valence-corrected chi connectivity index (χ0v) is 16.0. The molecule has 1 aliphatic rings. The lowest BCUT2D eigenvalue weighted by Crippen LogP contribution is -2.29. The van der Waals surface area contributed by atoms with Crippen molar-refractivity contribution in [3.63, 3.8) is 0 Å². The third-order valence-corrected chi connectivity index (χ3v) is 5.02. The maximum absolute atomic E-state index is 13.2. The van der Waals surface area contributed by atoms with Gasteiger partial charge < -0.3 is 18.8 Å². The highest BCUT2D eigenvalue weighted by Crippen LogP contribution is 2.40. The van der Waals surface area contributed by atoms with Gasteiger partial charge in [-0.25, -0.2) is 0 Å². The summed E-state index contributed by atoms with van der Waals surface area (Å²) in [6, 6.07) is 11.9. The number of nitrogens with zero attached hydrogens (tertiary/aromatic N) is 1. The number of hydrogen-bond donors (Lipinski definition) is 0. The van der Waals surface area contributed by atoms with Crippen LogP contribution in [0.2, 0.25) is 0 Å². The number of para-hydroxylation sites is 1. The fraction of sp³-hybridized carbons (Fsp3) is 0.273. The first-order chi connectivity index (χ1) is 13.6. The summed E-state index contributed by atoms with van der Waals surface area (Å²) in [4.78, 5) is 27.9. The van der Waals surface area contributed by atoms with Gasteiger partial charge >= 0.3 is 0 Å². The Hall–Kier alpha value is -3.28. The highest BCUT2D eigenvalue weighted by Gasteiger charge is 2.42. The summed E-state index contributed by atoms with van der Waals surface area (Å²) in [6.45, 7) is 4.73. The summed E-state index contributed by atoms with van der Waals surface area (Å²) < 4.78 is 16.9. The average molecular weight is 379 g/mol. The predicted molar refractivity (Wildman–Crippen MR) is 105 cm³/mol. The lowest BCUT2D eigenvalue weighted by atomic mass is 9.98. The summed E-state index contributed by atoms with van der Waals surface area (Å²) in [6.07, 6.45) is 0. The van der Waals surface area contributed by atoms with Crippen molar-refractivity contribution in [1.29, 1.82) is 0 Å². The summed E-state index contributed by atoms with van der Waals surface area (Å²) in [5, 5.41) is 0.468. The number of benzene rings is 2. The van der Waals surface area contributed by atoms with Gasteiger partial charge in [-0.2, -0.15) is 0 Å². The fourth-order valence-electron chi connectivity index (χ4n) is 3.77. The zero-order valence-electron chi connectivity index (χ0n) is 16.0. The van der Waals surface area contributed by atoms with Crippen molar-refractivity contribution in [1.82, 2.24) is 4.90 Å². The molecule has 0 spiro atoms. The number of carbonyl (C=O) groups excluding carboxylic acids is 1. The normalized spacial score (nSPS) is 15.8. The number of rotatable bonds is 5. The Balaban J connectivity index is 1.94. The van der Waals surface area contributed by atoms with Crippen LogP contribution in [0.3, 0.4) is 0 Å². The lowest BCUT2D eigenvalue weighted by Gasteiger charge is -2.24. The largest absolute Gasteiger partial charge is 0.493 e. The molecule has 0 fully saturated rings. The Bertz CT molecular complexity index is 1120. The van der Waals surface area contributed by atoms with E-state index in [0.29, 0.717) is 41.2 Å². The molecule has 3 aromatic rings. The molecule has 1 amide bonds. The Morgan fingerprint density at radius 2 is 1.86 bits per heavy atom. The van der Waals surface area contributed by atoms with Crippen molar-refractivity contribution in [2.45, 2.75) is 19.9 Å². The van der Waals surface area contributed by atoms with Crippen LogP contribution in [0.5, 0.6) is 11.5 Å². The Morgan fingerprint density at radius 3 is 2.57 bits per heavy atom. The first kappa shape index (κ1) is 18.1. The minimum atomic E-state index is -0.530. The van der Waals surface area contributed by atoms with Gasteiger partial charge in [-0.1, -0.05) is 18.2 Å². The predicted octanol–water partition coefficient (Wildman–Crippen LogP) is 3.77. The van der Waals surface area contributed by atoms with Gasteiger partial charge in [0.05, 0.1) is 30.7 Å². The van der Waals surface area contributed by atoms with Gasteiger partial charge in [0.15, 0.2) is 16.9 Å². The molecule has 6 nitrogen and oxygen atoms in total. The quantitative estimate of drug-likeness (QED) is 0.675. The van der Waals surface area contributed by atoms with Gasteiger partial charge in [0.2, 0.25) is 5.76 Å². The molecule has 4 rings (SSSR count). The molecule has 2 aromatic carbocycles. The van der Waals surface area contributed by atoms with Crippen LogP contribution in [-0.4, -0.2) is 31.1 Å². The van der Waals surface area contributed by atoms with Gasteiger partial charge in [0.1, 0.15) is 5.58 Å². The Kier molecular flexibility index (Phi) is 4.55. The van der Waals surface area contributed by atoms with Crippen LogP contribution in [0.15, 0.2) is 51.7 Å². The number of methoxy groups -OCH3 is 1. The molecule has 2 heterocycles. The molecular formula is C22H21NO5. The molecule has 0 bridgehead atoms. The van der Waals surface area contributed by atoms with E-state index in [2.05, 4.69) is 0 Å². The topological polar surface area (TPSA) is 69.0 Å². The van der Waals surface area contributed by atoms with E-state index in [0.717, 1.165) is 5.56 Å². The Morgan fingerprint density at radius 1 is 1.07 bits per heavy atom. The molecule has 1 unspecified atom stereocenters. The van der Waals surface area contributed by atoms with Crippen molar-refractivity contribution in [3.05, 3.63) is 69.6 Å². The van der Waals surface area contributed by atoms with Crippen LogP contribution < -0.4 is 14.9 Å². The van der Waals surface area contributed by atoms with Crippen LogP contribution in [0, 0.1) is 0 Å². The summed E-state index contributed by atoms with van der Waals surface area (Å²) in [7, 11) is 1.56. The number of fused-ring (bicyclic) bond motifs is 2. The van der Waals surface area contributed by atoms with Crippen LogP contribution in [-0.2, 0) is 0 Å². The first-order valence-corrected chi connectivity index (χ1v) is 9.28. The van der Waals surface area contributed by atoms with Crippen molar-refractivity contribution < 1.29 is 18.7 Å². The van der Waals surface area contributed by atoms with Gasteiger partial charge in [0.25, 0.3) is 5.91 Å². The minimum Gasteiger partial charge on any atom is -0.493 e. The van der Waals surface area contributed by atoms with E-state index in [9.17, 15) is 9.59 Å². The molecule has 1 aliphatic heterocycles. The molecule has 1 atom stereocenters. The van der Waals surface area contributed by atoms with Crippen LogP contribution in [0.25, 0.3) is 11.0 Å². The third-order valence-electron chi connectivity index (χ3n) is 5.02. The zero-order chi connectivity index (χ0) is 19.8. The van der Waals surface area contributed by atoms with Crippen molar-refractivity contribution in [2.75, 3.05) is 20.3 Å².